The molecule has 0 unspecified atom stereocenters. The minimum Gasteiger partial charge on any atom is -0.437 e. The van der Waals surface area contributed by atoms with Crippen LogP contribution in [0, 0.1) is 68.2 Å². The van der Waals surface area contributed by atoms with Gasteiger partial charge in [-0.25, -0.2) is 0 Å². The van der Waals surface area contributed by atoms with Gasteiger partial charge in [-0.3, -0.25) is 0 Å². The molecule has 0 spiro atoms. The molecule has 288 valence electrons. The number of rotatable bonds is 3. The van der Waals surface area contributed by atoms with Crippen LogP contribution in [-0.2, 0) is 0 Å². The van der Waals surface area contributed by atoms with Crippen molar-refractivity contribution in [3.05, 3.63) is 209 Å². The first-order valence-corrected chi connectivity index (χ1v) is 20.1. The number of aromatic amines is 2. The Balaban J connectivity index is 1.36. The molecular formula is C50H46BF2N5. The lowest BCUT2D eigenvalue weighted by molar-refractivity contribution is 0.519. The number of nitrogens with zero attached hydrogens (tertiary/aromatic N) is 3. The van der Waals surface area contributed by atoms with Gasteiger partial charge < -0.3 is 32.1 Å². The summed E-state index contributed by atoms with van der Waals surface area (Å²) in [4.78, 5) is 7.57. The molecule has 8 aromatic rings. The van der Waals surface area contributed by atoms with Crippen LogP contribution in [0.2, 0.25) is 0 Å². The maximum atomic E-state index is 18.0. The molecule has 5 aromatic heterocycles. The summed E-state index contributed by atoms with van der Waals surface area (Å²) in [6, 6.07) is 31.0. The lowest BCUT2D eigenvalue weighted by Gasteiger charge is -2.40. The quantitative estimate of drug-likeness (QED) is 0.133. The molecular weight excluding hydrogens is 719 g/mol. The average Bonchev–Trinajstić information content (AvgIpc) is 3.98. The van der Waals surface area contributed by atoms with Crippen LogP contribution >= 0.6 is 0 Å². The summed E-state index contributed by atoms with van der Waals surface area (Å²) >= 11 is 0. The number of hydrogen-bond acceptors (Lipinski definition) is 0. The Morgan fingerprint density at radius 1 is 0.517 bits per heavy atom. The molecule has 0 saturated heterocycles. The number of H-pyrrole nitrogens is 2. The topological polar surface area (TPSA) is 46.4 Å². The third kappa shape index (κ3) is 5.16. The van der Waals surface area contributed by atoms with Crippen molar-refractivity contribution in [3.63, 3.8) is 0 Å². The minimum atomic E-state index is -4.38. The molecule has 58 heavy (non-hydrogen) atoms. The van der Waals surface area contributed by atoms with E-state index in [1.54, 1.807) is 0 Å². The van der Waals surface area contributed by atoms with Crippen molar-refractivity contribution in [2.24, 2.45) is 0 Å². The summed E-state index contributed by atoms with van der Waals surface area (Å²) in [5.74, 6) is 1.20. The molecule has 0 radical (unpaired) electrons. The number of aryl methyl sites for hydroxylation is 9. The molecule has 5 nitrogen and oxygen atoms in total. The highest BCUT2D eigenvalue weighted by molar-refractivity contribution is 6.64. The molecule has 0 fully saturated rings. The summed E-state index contributed by atoms with van der Waals surface area (Å²) < 4.78 is 40.4. The zero-order valence-electron chi connectivity index (χ0n) is 34.5. The van der Waals surface area contributed by atoms with Crippen LogP contribution < -0.4 is 10.7 Å². The second kappa shape index (κ2) is 12.5. The second-order valence-corrected chi connectivity index (χ2v) is 16.8. The van der Waals surface area contributed by atoms with Crippen LogP contribution in [0.15, 0.2) is 103 Å². The van der Waals surface area contributed by atoms with Gasteiger partial charge in [0, 0.05) is 80.5 Å². The van der Waals surface area contributed by atoms with Crippen LogP contribution in [0.25, 0.3) is 28.4 Å². The highest BCUT2D eigenvalue weighted by atomic mass is 19.2. The first-order valence-electron chi connectivity index (χ1n) is 20.1. The molecule has 10 rings (SSSR count). The number of hydrogen-bond donors (Lipinski definition) is 2. The molecule has 2 N–H and O–H groups in total. The van der Waals surface area contributed by atoms with E-state index in [-0.39, 0.29) is 0 Å². The van der Waals surface area contributed by atoms with E-state index in [1.807, 2.05) is 53.4 Å². The Bertz CT molecular complexity index is 2910. The minimum absolute atomic E-state index is 0.403. The average molecular weight is 766 g/mol. The Hall–Kier alpha value is -6.41. The van der Waals surface area contributed by atoms with Crippen LogP contribution in [0.1, 0.15) is 89.4 Å². The maximum Gasteiger partial charge on any atom is 0.537 e. The van der Waals surface area contributed by atoms with Gasteiger partial charge in [0.1, 0.15) is 5.92 Å². The largest absolute Gasteiger partial charge is 0.537 e. The van der Waals surface area contributed by atoms with Gasteiger partial charge in [0.2, 0.25) is 0 Å². The first kappa shape index (κ1) is 36.0. The van der Waals surface area contributed by atoms with Crippen molar-refractivity contribution in [2.45, 2.75) is 62.3 Å². The van der Waals surface area contributed by atoms with Crippen molar-refractivity contribution in [1.29, 1.82) is 0 Å². The molecule has 3 aromatic carbocycles. The van der Waals surface area contributed by atoms with E-state index < -0.39 is 6.97 Å². The first-order chi connectivity index (χ1) is 27.7. The number of aromatic nitrogens is 5. The van der Waals surface area contributed by atoms with E-state index in [9.17, 15) is 0 Å². The third-order valence-electron chi connectivity index (χ3n) is 12.4. The van der Waals surface area contributed by atoms with E-state index in [4.69, 9.17) is 0 Å². The fourth-order valence-electron chi connectivity index (χ4n) is 10.5. The van der Waals surface area contributed by atoms with Crippen LogP contribution in [0.5, 0.6) is 0 Å². The molecule has 2 aliphatic heterocycles. The fourth-order valence-corrected chi connectivity index (χ4v) is 10.5. The SMILES string of the molecule is Cc1cc(C)c(C2=c3ccc([nH]3)=C(c3c(C)cc(C)cc3C)c3ccc([nH]3)-c3ccc4n3[B-](F)(F)n3c(ccc3-n3ccc2c3)[C+]4c2c(C)cc(C)cc2C)c(C)c1. The lowest BCUT2D eigenvalue weighted by atomic mass is 9.79. The molecule has 8 heteroatoms. The second-order valence-electron chi connectivity index (χ2n) is 16.8. The predicted octanol–water partition coefficient (Wildman–Crippen LogP) is 10.1. The Labute approximate surface area is 338 Å². The maximum absolute atomic E-state index is 18.0. The molecule has 0 saturated carbocycles. The van der Waals surface area contributed by atoms with Crippen molar-refractivity contribution in [2.75, 3.05) is 0 Å². The van der Waals surface area contributed by atoms with Gasteiger partial charge in [0.05, 0.1) is 28.5 Å². The van der Waals surface area contributed by atoms with E-state index in [0.29, 0.717) is 28.6 Å². The van der Waals surface area contributed by atoms with Crippen molar-refractivity contribution < 1.29 is 8.63 Å². The molecule has 2 aliphatic rings. The van der Waals surface area contributed by atoms with Gasteiger partial charge in [-0.15, -0.1) is 0 Å². The fraction of sp³-hybridized carbons (Fsp3) is 0.180. The van der Waals surface area contributed by atoms with Gasteiger partial charge in [0.25, 0.3) is 0 Å². The number of benzene rings is 3. The smallest absolute Gasteiger partial charge is 0.437 e. The van der Waals surface area contributed by atoms with Crippen LogP contribution in [0.4, 0.5) is 8.63 Å². The van der Waals surface area contributed by atoms with Gasteiger partial charge >= 0.3 is 6.97 Å². The van der Waals surface area contributed by atoms with Crippen LogP contribution in [0.3, 0.4) is 0 Å². The molecule has 8 bridgehead atoms. The Morgan fingerprint density at radius 3 is 1.66 bits per heavy atom. The van der Waals surface area contributed by atoms with Gasteiger partial charge in [-0.05, 0) is 150 Å². The predicted molar refractivity (Wildman–Crippen MR) is 233 cm³/mol. The van der Waals surface area contributed by atoms with E-state index >= 15 is 8.63 Å². The van der Waals surface area contributed by atoms with E-state index in [2.05, 4.69) is 127 Å². The zero-order valence-corrected chi connectivity index (χ0v) is 34.5. The highest BCUT2D eigenvalue weighted by Gasteiger charge is 2.48. The van der Waals surface area contributed by atoms with Gasteiger partial charge in [0.15, 0.2) is 0 Å². The van der Waals surface area contributed by atoms with Gasteiger partial charge in [-0.2, -0.15) is 0 Å². The molecule has 0 amide bonds. The summed E-state index contributed by atoms with van der Waals surface area (Å²) in [6.07, 6.45) is 3.94. The lowest BCUT2D eigenvalue weighted by Crippen LogP contribution is -2.50. The Kier molecular flexibility index (Phi) is 7.78. The summed E-state index contributed by atoms with van der Waals surface area (Å²) in [6.45, 7) is 14.7. The molecule has 0 aliphatic carbocycles. The number of fused-ring (bicyclic) bond motifs is 8. The normalized spacial score (nSPS) is 14.2. The summed E-state index contributed by atoms with van der Waals surface area (Å²) in [5.41, 5.74) is 19.3. The van der Waals surface area contributed by atoms with E-state index in [0.717, 1.165) is 94.7 Å². The van der Waals surface area contributed by atoms with Gasteiger partial charge in [-0.1, -0.05) is 35.4 Å². The van der Waals surface area contributed by atoms with Crippen molar-refractivity contribution in [3.8, 4) is 17.2 Å². The number of halogens is 2. The number of nitrogens with one attached hydrogen (secondary N) is 2. The zero-order chi connectivity index (χ0) is 40.5. The standard InChI is InChI=1S/C50H46BF2N5/c1-27-20-30(4)45(31(5)21-27)48-36-18-19-56(26-36)44-17-16-43-50(47-34(8)24-29(3)25-35(47)9)42-15-14-41(57(42)51(52,53)58(43)44)37-10-11-39(54-37)49(40-13-12-38(48)55-40)46-32(6)22-28(2)23-33(46)7/h10-26,54-55H,1-9H3. The third-order valence-corrected chi connectivity index (χ3v) is 12.4. The van der Waals surface area contributed by atoms with Crippen molar-refractivity contribution in [1.82, 2.24) is 23.5 Å². The van der Waals surface area contributed by atoms with E-state index in [1.165, 1.54) is 20.1 Å². The van der Waals surface area contributed by atoms with Crippen molar-refractivity contribution >= 4 is 18.1 Å². The highest BCUT2D eigenvalue weighted by Crippen LogP contribution is 2.46. The molecule has 0 atom stereocenters. The Morgan fingerprint density at radius 2 is 1.03 bits per heavy atom. The van der Waals surface area contributed by atoms with Crippen LogP contribution in [-0.4, -0.2) is 30.5 Å². The monoisotopic (exact) mass is 765 g/mol. The summed E-state index contributed by atoms with van der Waals surface area (Å²) in [7, 11) is 0. The molecule has 7 heterocycles. The summed E-state index contributed by atoms with van der Waals surface area (Å²) in [5, 5.41) is 1.89.